The highest BCUT2D eigenvalue weighted by molar-refractivity contribution is 5.32. The summed E-state index contributed by atoms with van der Waals surface area (Å²) in [6.07, 6.45) is 1.31. The van der Waals surface area contributed by atoms with Crippen LogP contribution in [0.5, 0.6) is 5.75 Å². The summed E-state index contributed by atoms with van der Waals surface area (Å²) in [6.45, 7) is 7.88. The van der Waals surface area contributed by atoms with E-state index in [1.807, 2.05) is 6.07 Å². The van der Waals surface area contributed by atoms with Crippen molar-refractivity contribution in [2.75, 3.05) is 13.7 Å². The van der Waals surface area contributed by atoms with Crippen molar-refractivity contribution in [2.24, 2.45) is 11.3 Å². The highest BCUT2D eigenvalue weighted by atomic mass is 16.5. The summed E-state index contributed by atoms with van der Waals surface area (Å²) < 4.78 is 5.31. The van der Waals surface area contributed by atoms with E-state index in [2.05, 4.69) is 44.3 Å². The Kier molecular flexibility index (Phi) is 3.43. The minimum atomic E-state index is 0.463. The van der Waals surface area contributed by atoms with Crippen LogP contribution in [0.25, 0.3) is 0 Å². The van der Waals surface area contributed by atoms with Gasteiger partial charge in [0, 0.05) is 6.04 Å². The van der Waals surface area contributed by atoms with Gasteiger partial charge in [0.2, 0.25) is 0 Å². The molecule has 2 atom stereocenters. The molecule has 0 aromatic heterocycles. The lowest BCUT2D eigenvalue weighted by atomic mass is 9.97. The zero-order valence-corrected chi connectivity index (χ0v) is 11.3. The fourth-order valence-electron chi connectivity index (χ4n) is 2.62. The SMILES string of the molecule is CCNC(c1cccc(OC)c1)C1CC1(C)C. The third-order valence-corrected chi connectivity index (χ3v) is 3.87. The van der Waals surface area contributed by atoms with Crippen molar-refractivity contribution in [2.45, 2.75) is 33.2 Å². The van der Waals surface area contributed by atoms with Crippen LogP contribution >= 0.6 is 0 Å². The molecule has 1 saturated carbocycles. The van der Waals surface area contributed by atoms with Crippen LogP contribution in [0.3, 0.4) is 0 Å². The average molecular weight is 233 g/mol. The summed E-state index contributed by atoms with van der Waals surface area (Å²) in [5.74, 6) is 1.69. The van der Waals surface area contributed by atoms with Gasteiger partial charge in [0.25, 0.3) is 0 Å². The number of methoxy groups -OCH3 is 1. The third kappa shape index (κ3) is 2.63. The molecule has 1 aliphatic rings. The molecule has 2 nitrogen and oxygen atoms in total. The lowest BCUT2D eigenvalue weighted by Gasteiger charge is -2.20. The molecule has 0 bridgehead atoms. The summed E-state index contributed by atoms with van der Waals surface area (Å²) >= 11 is 0. The molecular formula is C15H23NO. The maximum absolute atomic E-state index is 5.31. The van der Waals surface area contributed by atoms with E-state index in [0.717, 1.165) is 18.2 Å². The Morgan fingerprint density at radius 3 is 2.71 bits per heavy atom. The van der Waals surface area contributed by atoms with Crippen molar-refractivity contribution in [3.8, 4) is 5.75 Å². The molecule has 0 radical (unpaired) electrons. The zero-order chi connectivity index (χ0) is 12.5. The number of nitrogens with one attached hydrogen (secondary N) is 1. The van der Waals surface area contributed by atoms with Gasteiger partial charge in [-0.2, -0.15) is 0 Å². The second kappa shape index (κ2) is 4.69. The Morgan fingerprint density at radius 1 is 1.47 bits per heavy atom. The second-order valence-electron chi connectivity index (χ2n) is 5.61. The molecule has 1 aromatic carbocycles. The van der Waals surface area contributed by atoms with Crippen molar-refractivity contribution >= 4 is 0 Å². The minimum absolute atomic E-state index is 0.463. The van der Waals surface area contributed by atoms with E-state index in [9.17, 15) is 0 Å². The van der Waals surface area contributed by atoms with E-state index >= 15 is 0 Å². The van der Waals surface area contributed by atoms with E-state index in [1.165, 1.54) is 12.0 Å². The van der Waals surface area contributed by atoms with E-state index in [-0.39, 0.29) is 0 Å². The van der Waals surface area contributed by atoms with Gasteiger partial charge in [-0.05, 0) is 42.0 Å². The van der Waals surface area contributed by atoms with Gasteiger partial charge in [0.1, 0.15) is 5.75 Å². The van der Waals surface area contributed by atoms with E-state index < -0.39 is 0 Å². The van der Waals surface area contributed by atoms with Gasteiger partial charge in [0.15, 0.2) is 0 Å². The van der Waals surface area contributed by atoms with Gasteiger partial charge in [-0.25, -0.2) is 0 Å². The summed E-state index contributed by atoms with van der Waals surface area (Å²) in [4.78, 5) is 0. The number of rotatable bonds is 5. The number of hydrogen-bond donors (Lipinski definition) is 1. The topological polar surface area (TPSA) is 21.3 Å². The molecule has 1 aliphatic carbocycles. The lowest BCUT2D eigenvalue weighted by Crippen LogP contribution is -2.24. The first-order chi connectivity index (χ1) is 8.08. The predicted molar refractivity (Wildman–Crippen MR) is 71.3 cm³/mol. The summed E-state index contributed by atoms with van der Waals surface area (Å²) in [7, 11) is 1.72. The van der Waals surface area contributed by atoms with Crippen LogP contribution in [0.1, 0.15) is 38.8 Å². The molecule has 1 N–H and O–H groups in total. The standard InChI is InChI=1S/C15H23NO/c1-5-16-14(13-10-15(13,2)3)11-7-6-8-12(9-11)17-4/h6-9,13-14,16H,5,10H2,1-4H3. The molecule has 1 fully saturated rings. The maximum atomic E-state index is 5.31. The zero-order valence-electron chi connectivity index (χ0n) is 11.3. The van der Waals surface area contributed by atoms with Crippen molar-refractivity contribution in [3.63, 3.8) is 0 Å². The molecular weight excluding hydrogens is 210 g/mol. The Bertz CT molecular complexity index is 386. The second-order valence-corrected chi connectivity index (χ2v) is 5.61. The fraction of sp³-hybridized carbons (Fsp3) is 0.600. The Labute approximate surface area is 104 Å². The van der Waals surface area contributed by atoms with E-state index in [4.69, 9.17) is 4.74 Å². The fourth-order valence-corrected chi connectivity index (χ4v) is 2.62. The van der Waals surface area contributed by atoms with Crippen LogP contribution in [-0.4, -0.2) is 13.7 Å². The van der Waals surface area contributed by atoms with Crippen molar-refractivity contribution in [3.05, 3.63) is 29.8 Å². The van der Waals surface area contributed by atoms with Crippen LogP contribution in [-0.2, 0) is 0 Å². The summed E-state index contributed by atoms with van der Waals surface area (Å²) in [5.41, 5.74) is 1.83. The first kappa shape index (κ1) is 12.4. The van der Waals surface area contributed by atoms with E-state index in [0.29, 0.717) is 11.5 Å². The summed E-state index contributed by atoms with van der Waals surface area (Å²) in [5, 5.41) is 3.61. The Hall–Kier alpha value is -1.02. The van der Waals surface area contributed by atoms with Gasteiger partial charge < -0.3 is 10.1 Å². The molecule has 94 valence electrons. The molecule has 2 rings (SSSR count). The average Bonchev–Trinajstić information content (AvgIpc) is 2.95. The van der Waals surface area contributed by atoms with Crippen molar-refractivity contribution < 1.29 is 4.74 Å². The van der Waals surface area contributed by atoms with Gasteiger partial charge in [-0.15, -0.1) is 0 Å². The molecule has 0 heterocycles. The van der Waals surface area contributed by atoms with Crippen molar-refractivity contribution in [1.29, 1.82) is 0 Å². The first-order valence-corrected chi connectivity index (χ1v) is 6.46. The quantitative estimate of drug-likeness (QED) is 0.841. The first-order valence-electron chi connectivity index (χ1n) is 6.46. The van der Waals surface area contributed by atoms with Crippen molar-refractivity contribution in [1.82, 2.24) is 5.32 Å². The van der Waals surface area contributed by atoms with Gasteiger partial charge in [0.05, 0.1) is 7.11 Å². The van der Waals surface area contributed by atoms with Crippen LogP contribution < -0.4 is 10.1 Å². The van der Waals surface area contributed by atoms with Crippen LogP contribution in [0.2, 0.25) is 0 Å². The smallest absolute Gasteiger partial charge is 0.119 e. The monoisotopic (exact) mass is 233 g/mol. The Morgan fingerprint density at radius 2 is 2.18 bits per heavy atom. The number of hydrogen-bond acceptors (Lipinski definition) is 2. The van der Waals surface area contributed by atoms with Gasteiger partial charge >= 0.3 is 0 Å². The lowest BCUT2D eigenvalue weighted by molar-refractivity contribution is 0.404. The van der Waals surface area contributed by atoms with Gasteiger partial charge in [-0.3, -0.25) is 0 Å². The molecule has 2 heteroatoms. The maximum Gasteiger partial charge on any atom is 0.119 e. The predicted octanol–water partition coefficient (Wildman–Crippen LogP) is 3.39. The minimum Gasteiger partial charge on any atom is -0.497 e. The van der Waals surface area contributed by atoms with Crippen LogP contribution in [0, 0.1) is 11.3 Å². The molecule has 0 saturated heterocycles. The molecule has 2 unspecified atom stereocenters. The number of benzene rings is 1. The molecule has 17 heavy (non-hydrogen) atoms. The molecule has 0 amide bonds. The van der Waals surface area contributed by atoms with E-state index in [1.54, 1.807) is 7.11 Å². The Balaban J connectivity index is 2.20. The largest absolute Gasteiger partial charge is 0.497 e. The van der Waals surface area contributed by atoms with Crippen LogP contribution in [0.15, 0.2) is 24.3 Å². The van der Waals surface area contributed by atoms with Gasteiger partial charge in [-0.1, -0.05) is 32.9 Å². The highest BCUT2D eigenvalue weighted by Gasteiger charge is 2.50. The molecule has 0 spiro atoms. The summed E-state index contributed by atoms with van der Waals surface area (Å²) in [6, 6.07) is 8.90. The molecule has 0 aliphatic heterocycles. The normalized spacial score (nSPS) is 23.2. The highest BCUT2D eigenvalue weighted by Crippen LogP contribution is 2.57. The molecule has 1 aromatic rings. The third-order valence-electron chi connectivity index (χ3n) is 3.87. The van der Waals surface area contributed by atoms with Crippen LogP contribution in [0.4, 0.5) is 0 Å². The number of ether oxygens (including phenoxy) is 1.